The van der Waals surface area contributed by atoms with Crippen molar-refractivity contribution >= 4 is 5.82 Å². The minimum absolute atomic E-state index is 0.354. The molecule has 0 aromatic carbocycles. The molecular formula is C16H21N5. The van der Waals surface area contributed by atoms with Gasteiger partial charge >= 0.3 is 0 Å². The Morgan fingerprint density at radius 1 is 1.29 bits per heavy atom. The van der Waals surface area contributed by atoms with Crippen LogP contribution in [0.15, 0.2) is 30.7 Å². The number of nitrogens with zero attached hydrogens (tertiary/aromatic N) is 4. The number of aromatic nitrogens is 3. The fourth-order valence-electron chi connectivity index (χ4n) is 2.84. The predicted molar refractivity (Wildman–Crippen MR) is 82.9 cm³/mol. The minimum atomic E-state index is 0.354. The summed E-state index contributed by atoms with van der Waals surface area (Å²) < 4.78 is 0. The number of rotatable bonds is 4. The van der Waals surface area contributed by atoms with Crippen LogP contribution in [0.3, 0.4) is 0 Å². The van der Waals surface area contributed by atoms with Crippen molar-refractivity contribution in [2.75, 3.05) is 18.9 Å². The first-order valence-corrected chi connectivity index (χ1v) is 7.41. The second-order valence-electron chi connectivity index (χ2n) is 5.52. The average molecular weight is 283 g/mol. The Morgan fingerprint density at radius 3 is 2.95 bits per heavy atom. The Morgan fingerprint density at radius 2 is 2.19 bits per heavy atom. The average Bonchev–Trinajstić information content (AvgIpc) is 2.98. The summed E-state index contributed by atoms with van der Waals surface area (Å²) in [5.74, 6) is 0.830. The van der Waals surface area contributed by atoms with Crippen LogP contribution in [0.4, 0.5) is 5.82 Å². The van der Waals surface area contributed by atoms with Gasteiger partial charge in [-0.3, -0.25) is 14.9 Å². The Balaban J connectivity index is 1.77. The molecule has 1 saturated heterocycles. The van der Waals surface area contributed by atoms with Crippen LogP contribution < -0.4 is 5.32 Å². The molecular weight excluding hydrogens is 262 g/mol. The summed E-state index contributed by atoms with van der Waals surface area (Å²) >= 11 is 0. The largest absolute Gasteiger partial charge is 0.372 e. The number of nitrogens with one attached hydrogen (secondary N) is 1. The van der Waals surface area contributed by atoms with Crippen molar-refractivity contribution < 1.29 is 0 Å². The molecule has 5 nitrogen and oxygen atoms in total. The smallest absolute Gasteiger partial charge is 0.144 e. The lowest BCUT2D eigenvalue weighted by Crippen LogP contribution is -2.23. The van der Waals surface area contributed by atoms with Gasteiger partial charge in [0.1, 0.15) is 5.82 Å². The Hall–Kier alpha value is -2.01. The third-order valence-electron chi connectivity index (χ3n) is 3.97. The van der Waals surface area contributed by atoms with Crippen LogP contribution >= 0.6 is 0 Å². The topological polar surface area (TPSA) is 53.9 Å². The molecule has 1 fully saturated rings. The first-order chi connectivity index (χ1) is 10.3. The van der Waals surface area contributed by atoms with Crippen LogP contribution in [0.1, 0.15) is 35.8 Å². The molecule has 3 heterocycles. The van der Waals surface area contributed by atoms with Crippen LogP contribution in [0.25, 0.3) is 0 Å². The molecule has 1 aliphatic rings. The third kappa shape index (κ3) is 3.19. The normalized spacial score (nSPS) is 18.9. The summed E-state index contributed by atoms with van der Waals surface area (Å²) in [5, 5.41) is 3.06. The van der Waals surface area contributed by atoms with E-state index in [9.17, 15) is 0 Å². The van der Waals surface area contributed by atoms with Crippen LogP contribution in [0.2, 0.25) is 0 Å². The van der Waals surface area contributed by atoms with E-state index in [1.807, 2.05) is 26.4 Å². The number of hydrogen-bond donors (Lipinski definition) is 1. The molecule has 1 atom stereocenters. The number of hydrogen-bond acceptors (Lipinski definition) is 5. The summed E-state index contributed by atoms with van der Waals surface area (Å²) in [7, 11) is 1.87. The molecule has 0 unspecified atom stereocenters. The van der Waals surface area contributed by atoms with E-state index in [2.05, 4.69) is 37.3 Å². The molecule has 1 aliphatic heterocycles. The molecule has 0 radical (unpaired) electrons. The first-order valence-electron chi connectivity index (χ1n) is 7.41. The molecule has 0 spiro atoms. The zero-order chi connectivity index (χ0) is 14.7. The molecule has 0 saturated carbocycles. The molecule has 0 bridgehead atoms. The van der Waals surface area contributed by atoms with Crippen molar-refractivity contribution in [3.63, 3.8) is 0 Å². The van der Waals surface area contributed by atoms with E-state index >= 15 is 0 Å². The Labute approximate surface area is 125 Å². The van der Waals surface area contributed by atoms with Gasteiger partial charge < -0.3 is 5.32 Å². The summed E-state index contributed by atoms with van der Waals surface area (Å²) in [4.78, 5) is 15.8. The van der Waals surface area contributed by atoms with Gasteiger partial charge in [0.05, 0.1) is 24.1 Å². The second kappa shape index (κ2) is 6.18. The fraction of sp³-hybridized carbons (Fsp3) is 0.438. The quantitative estimate of drug-likeness (QED) is 0.934. The summed E-state index contributed by atoms with van der Waals surface area (Å²) in [6.45, 7) is 4.04. The van der Waals surface area contributed by atoms with Gasteiger partial charge in [-0.1, -0.05) is 6.07 Å². The lowest BCUT2D eigenvalue weighted by atomic mass is 10.1. The molecule has 5 heteroatoms. The second-order valence-corrected chi connectivity index (χ2v) is 5.52. The monoisotopic (exact) mass is 283 g/mol. The van der Waals surface area contributed by atoms with Crippen molar-refractivity contribution in [1.82, 2.24) is 19.9 Å². The SMILES string of the molecule is CNc1cncc([C@@H]2CCCN2Cc2ccc(C)nc2)n1. The van der Waals surface area contributed by atoms with Gasteiger partial charge in [-0.05, 0) is 37.9 Å². The van der Waals surface area contributed by atoms with E-state index in [-0.39, 0.29) is 0 Å². The highest BCUT2D eigenvalue weighted by atomic mass is 15.2. The van der Waals surface area contributed by atoms with Crippen molar-refractivity contribution in [1.29, 1.82) is 0 Å². The van der Waals surface area contributed by atoms with Crippen LogP contribution in [-0.2, 0) is 6.54 Å². The highest BCUT2D eigenvalue weighted by Crippen LogP contribution is 2.32. The molecule has 1 N–H and O–H groups in total. The number of anilines is 1. The standard InChI is InChI=1S/C16H21N5/c1-12-5-6-13(8-19-12)11-21-7-3-4-15(21)14-9-18-10-16(17-2)20-14/h5-6,8-10,15H,3-4,7,11H2,1-2H3,(H,17,20)/t15-/m0/s1. The maximum atomic E-state index is 4.65. The highest BCUT2D eigenvalue weighted by Gasteiger charge is 2.27. The van der Waals surface area contributed by atoms with E-state index in [1.165, 1.54) is 12.0 Å². The molecule has 21 heavy (non-hydrogen) atoms. The van der Waals surface area contributed by atoms with E-state index < -0.39 is 0 Å². The van der Waals surface area contributed by atoms with Gasteiger partial charge in [-0.25, -0.2) is 4.98 Å². The number of aryl methyl sites for hydroxylation is 1. The minimum Gasteiger partial charge on any atom is -0.372 e. The van der Waals surface area contributed by atoms with Gasteiger partial charge in [0, 0.05) is 25.5 Å². The molecule has 0 amide bonds. The third-order valence-corrected chi connectivity index (χ3v) is 3.97. The number of pyridine rings is 1. The molecule has 0 aliphatic carbocycles. The van der Waals surface area contributed by atoms with Crippen molar-refractivity contribution in [3.8, 4) is 0 Å². The molecule has 3 rings (SSSR count). The van der Waals surface area contributed by atoms with Crippen LogP contribution in [0, 0.1) is 6.92 Å². The summed E-state index contributed by atoms with van der Waals surface area (Å²) in [6, 6.07) is 4.59. The zero-order valence-corrected chi connectivity index (χ0v) is 12.6. The van der Waals surface area contributed by atoms with Crippen LogP contribution in [-0.4, -0.2) is 33.4 Å². The van der Waals surface area contributed by atoms with Gasteiger partial charge in [0.2, 0.25) is 0 Å². The summed E-state index contributed by atoms with van der Waals surface area (Å²) in [5.41, 5.74) is 3.37. The van der Waals surface area contributed by atoms with E-state index in [1.54, 1.807) is 6.20 Å². The predicted octanol–water partition coefficient (Wildman–Crippen LogP) is 2.56. The van der Waals surface area contributed by atoms with Crippen molar-refractivity contribution in [2.24, 2.45) is 0 Å². The highest BCUT2D eigenvalue weighted by molar-refractivity contribution is 5.31. The van der Waals surface area contributed by atoms with Crippen molar-refractivity contribution in [3.05, 3.63) is 47.7 Å². The van der Waals surface area contributed by atoms with Gasteiger partial charge in [0.25, 0.3) is 0 Å². The summed E-state index contributed by atoms with van der Waals surface area (Å²) in [6.07, 6.45) is 7.96. The maximum Gasteiger partial charge on any atom is 0.144 e. The van der Waals surface area contributed by atoms with Crippen molar-refractivity contribution in [2.45, 2.75) is 32.4 Å². The van der Waals surface area contributed by atoms with Gasteiger partial charge in [0.15, 0.2) is 0 Å². The first kappa shape index (κ1) is 13.9. The lowest BCUT2D eigenvalue weighted by molar-refractivity contribution is 0.244. The maximum absolute atomic E-state index is 4.65. The molecule has 2 aromatic heterocycles. The molecule has 2 aromatic rings. The van der Waals surface area contributed by atoms with E-state index in [0.717, 1.165) is 36.7 Å². The zero-order valence-electron chi connectivity index (χ0n) is 12.6. The number of likely N-dealkylation sites (tertiary alicyclic amines) is 1. The van der Waals surface area contributed by atoms with E-state index in [0.29, 0.717) is 6.04 Å². The van der Waals surface area contributed by atoms with Gasteiger partial charge in [-0.15, -0.1) is 0 Å². The van der Waals surface area contributed by atoms with Gasteiger partial charge in [-0.2, -0.15) is 0 Å². The lowest BCUT2D eigenvalue weighted by Gasteiger charge is -2.24. The molecule has 110 valence electrons. The Bertz CT molecular complexity index is 596. The Kier molecular flexibility index (Phi) is 4.10. The van der Waals surface area contributed by atoms with E-state index in [4.69, 9.17) is 0 Å². The van der Waals surface area contributed by atoms with Crippen LogP contribution in [0.5, 0.6) is 0 Å². The fourth-order valence-corrected chi connectivity index (χ4v) is 2.84.